The van der Waals surface area contributed by atoms with Crippen LogP contribution in [0.1, 0.15) is 50.3 Å². The van der Waals surface area contributed by atoms with Gasteiger partial charge in [0, 0.05) is 34.9 Å². The molecule has 1 aliphatic rings. The highest BCUT2D eigenvalue weighted by molar-refractivity contribution is 5.94. The monoisotopic (exact) mass is 450 g/mol. The lowest BCUT2D eigenvalue weighted by Crippen LogP contribution is -2.28. The van der Waals surface area contributed by atoms with Crippen molar-refractivity contribution in [1.29, 1.82) is 0 Å². The van der Waals surface area contributed by atoms with Crippen LogP contribution in [0.3, 0.4) is 0 Å². The van der Waals surface area contributed by atoms with Gasteiger partial charge in [-0.25, -0.2) is 9.37 Å². The van der Waals surface area contributed by atoms with Crippen LogP contribution in [0.25, 0.3) is 27.8 Å². The number of nitrogens with zero attached hydrogens (tertiary/aromatic N) is 3. The maximum Gasteiger partial charge on any atom is 0.306 e. The number of methoxy groups -OCH3 is 1. The summed E-state index contributed by atoms with van der Waals surface area (Å²) < 4.78 is 21.5. The number of nitrogens with one attached hydrogen (secondary N) is 1. The van der Waals surface area contributed by atoms with Crippen LogP contribution < -0.4 is 0 Å². The fourth-order valence-corrected chi connectivity index (χ4v) is 5.40. The van der Waals surface area contributed by atoms with Crippen LogP contribution in [-0.2, 0) is 14.9 Å². The number of hydrogen-bond donors (Lipinski definition) is 2. The Morgan fingerprint density at radius 2 is 2.06 bits per heavy atom. The summed E-state index contributed by atoms with van der Waals surface area (Å²) in [6, 6.07) is 8.48. The molecule has 0 spiro atoms. The largest absolute Gasteiger partial charge is 0.481 e. The Morgan fingerprint density at radius 1 is 1.30 bits per heavy atom. The number of rotatable bonds is 6. The minimum Gasteiger partial charge on any atom is -0.481 e. The number of carboxylic acid groups (broad SMARTS) is 1. The zero-order valence-corrected chi connectivity index (χ0v) is 18.9. The maximum atomic E-state index is 13.8. The SMILES string of the molecule is COCC(C)(C)c1c([C@@H]2CCC(C(=O)O)C2)c2nc3[nH]ncc3cc2n1-c1ccc(F)cc1. The predicted octanol–water partition coefficient (Wildman–Crippen LogP) is 4.93. The molecular formula is C25H27FN4O3. The van der Waals surface area contributed by atoms with E-state index >= 15 is 0 Å². The van der Waals surface area contributed by atoms with Crippen LogP contribution in [0.2, 0.25) is 0 Å². The van der Waals surface area contributed by atoms with Gasteiger partial charge in [0.25, 0.3) is 0 Å². The molecule has 5 rings (SSSR count). The van der Waals surface area contributed by atoms with Crippen molar-refractivity contribution in [2.75, 3.05) is 13.7 Å². The van der Waals surface area contributed by atoms with Crippen LogP contribution in [0, 0.1) is 11.7 Å². The number of benzene rings is 1. The lowest BCUT2D eigenvalue weighted by molar-refractivity contribution is -0.141. The number of hydrogen-bond acceptors (Lipinski definition) is 4. The van der Waals surface area contributed by atoms with Gasteiger partial charge in [-0.15, -0.1) is 0 Å². The van der Waals surface area contributed by atoms with E-state index in [1.807, 2.05) is 6.07 Å². The molecule has 0 bridgehead atoms. The third-order valence-corrected chi connectivity index (χ3v) is 6.80. The van der Waals surface area contributed by atoms with Crippen LogP contribution in [0.5, 0.6) is 0 Å². The third-order valence-electron chi connectivity index (χ3n) is 6.80. The van der Waals surface area contributed by atoms with E-state index in [1.54, 1.807) is 25.4 Å². The molecule has 0 aliphatic heterocycles. The van der Waals surface area contributed by atoms with Crippen LogP contribution in [0.15, 0.2) is 36.5 Å². The van der Waals surface area contributed by atoms with E-state index in [1.165, 1.54) is 12.1 Å². The molecule has 1 fully saturated rings. The van der Waals surface area contributed by atoms with Crippen LogP contribution in [0.4, 0.5) is 4.39 Å². The quantitative estimate of drug-likeness (QED) is 0.434. The summed E-state index contributed by atoms with van der Waals surface area (Å²) in [6.07, 6.45) is 3.72. The molecule has 1 aromatic carbocycles. The number of carboxylic acids is 1. The first-order valence-electron chi connectivity index (χ1n) is 11.2. The van der Waals surface area contributed by atoms with Crippen molar-refractivity contribution >= 4 is 28.0 Å². The number of pyridine rings is 1. The summed E-state index contributed by atoms with van der Waals surface area (Å²) >= 11 is 0. The molecule has 1 unspecified atom stereocenters. The summed E-state index contributed by atoms with van der Waals surface area (Å²) in [4.78, 5) is 16.7. The average molecular weight is 451 g/mol. The smallest absolute Gasteiger partial charge is 0.306 e. The number of halogens is 1. The first-order valence-corrected chi connectivity index (χ1v) is 11.2. The molecule has 33 heavy (non-hydrogen) atoms. The minimum atomic E-state index is -0.749. The van der Waals surface area contributed by atoms with Crippen molar-refractivity contribution in [2.45, 2.75) is 44.4 Å². The van der Waals surface area contributed by atoms with Gasteiger partial charge in [-0.3, -0.25) is 9.89 Å². The Bertz CT molecular complexity index is 1340. The number of fused-ring (bicyclic) bond motifs is 2. The standard InChI is InChI=1S/C25H27FN4O3/c1-25(2,13-33-3)22-20(14-4-5-15(10-14)24(31)32)21-19(11-16-12-27-29-23(16)28-21)30(22)18-8-6-17(26)7-9-18/h6-9,11-12,14-15H,4-5,10,13H2,1-3H3,(H,31,32)(H,27,28,29)/t14-,15?/m1/s1. The van der Waals surface area contributed by atoms with Gasteiger partial charge in [0.05, 0.1) is 29.8 Å². The lowest BCUT2D eigenvalue weighted by atomic mass is 9.82. The predicted molar refractivity (Wildman–Crippen MR) is 123 cm³/mol. The van der Waals surface area contributed by atoms with Crippen molar-refractivity contribution in [1.82, 2.24) is 19.7 Å². The second kappa shape index (κ2) is 7.95. The van der Waals surface area contributed by atoms with Crippen molar-refractivity contribution < 1.29 is 19.0 Å². The van der Waals surface area contributed by atoms with E-state index in [4.69, 9.17) is 9.72 Å². The number of H-pyrrole nitrogens is 1. The average Bonchev–Trinajstić information content (AvgIpc) is 3.49. The number of aromatic nitrogens is 4. The van der Waals surface area contributed by atoms with E-state index in [-0.39, 0.29) is 17.7 Å². The second-order valence-electron chi connectivity index (χ2n) is 9.60. The third kappa shape index (κ3) is 3.58. The highest BCUT2D eigenvalue weighted by Crippen LogP contribution is 2.47. The molecule has 2 N–H and O–H groups in total. The van der Waals surface area contributed by atoms with Crippen molar-refractivity contribution in [3.8, 4) is 5.69 Å². The zero-order valence-electron chi connectivity index (χ0n) is 18.9. The molecule has 8 heteroatoms. The summed E-state index contributed by atoms with van der Waals surface area (Å²) in [5.74, 6) is -1.37. The molecule has 0 amide bonds. The maximum absolute atomic E-state index is 13.8. The van der Waals surface area contributed by atoms with E-state index in [0.717, 1.165) is 39.8 Å². The molecule has 4 aromatic rings. The molecule has 0 saturated heterocycles. The molecule has 7 nitrogen and oxygen atoms in total. The van der Waals surface area contributed by atoms with E-state index < -0.39 is 11.4 Å². The van der Waals surface area contributed by atoms with Crippen LogP contribution in [-0.4, -0.2) is 44.5 Å². The Hall–Kier alpha value is -3.26. The minimum absolute atomic E-state index is 0.0503. The lowest BCUT2D eigenvalue weighted by Gasteiger charge is -2.29. The van der Waals surface area contributed by atoms with Gasteiger partial charge in [-0.1, -0.05) is 13.8 Å². The topological polar surface area (TPSA) is 93.0 Å². The Labute approximate surface area is 190 Å². The summed E-state index contributed by atoms with van der Waals surface area (Å²) in [5, 5.41) is 17.6. The molecule has 1 aliphatic carbocycles. The van der Waals surface area contributed by atoms with E-state index in [0.29, 0.717) is 25.1 Å². The normalized spacial score (nSPS) is 19.0. The molecule has 1 saturated carbocycles. The van der Waals surface area contributed by atoms with Gasteiger partial charge in [0.2, 0.25) is 0 Å². The highest BCUT2D eigenvalue weighted by Gasteiger charge is 2.39. The Kier molecular flexibility index (Phi) is 5.20. The first kappa shape index (κ1) is 21.6. The van der Waals surface area contributed by atoms with Gasteiger partial charge >= 0.3 is 5.97 Å². The van der Waals surface area contributed by atoms with Crippen molar-refractivity contribution in [3.05, 3.63) is 53.6 Å². The molecule has 2 atom stereocenters. The summed E-state index contributed by atoms with van der Waals surface area (Å²) in [7, 11) is 1.68. The molecular weight excluding hydrogens is 423 g/mol. The Morgan fingerprint density at radius 3 is 2.73 bits per heavy atom. The fourth-order valence-electron chi connectivity index (χ4n) is 5.40. The number of aromatic amines is 1. The van der Waals surface area contributed by atoms with Gasteiger partial charge in [0.1, 0.15) is 5.82 Å². The summed E-state index contributed by atoms with van der Waals surface area (Å²) in [6.45, 7) is 4.70. The van der Waals surface area contributed by atoms with Gasteiger partial charge in [-0.2, -0.15) is 5.10 Å². The van der Waals surface area contributed by atoms with Crippen molar-refractivity contribution in [3.63, 3.8) is 0 Å². The van der Waals surface area contributed by atoms with Gasteiger partial charge < -0.3 is 14.4 Å². The Balaban J connectivity index is 1.86. The van der Waals surface area contributed by atoms with E-state index in [2.05, 4.69) is 28.6 Å². The van der Waals surface area contributed by atoms with E-state index in [9.17, 15) is 14.3 Å². The van der Waals surface area contributed by atoms with Gasteiger partial charge in [-0.05, 0) is 55.5 Å². The first-order chi connectivity index (χ1) is 15.8. The number of carbonyl (C=O) groups is 1. The molecule has 172 valence electrons. The van der Waals surface area contributed by atoms with Gasteiger partial charge in [0.15, 0.2) is 5.65 Å². The molecule has 3 aromatic heterocycles. The fraction of sp³-hybridized carbons (Fsp3) is 0.400. The summed E-state index contributed by atoms with van der Waals surface area (Å²) in [5.41, 5.74) is 4.89. The molecule has 0 radical (unpaired) electrons. The number of ether oxygens (including phenoxy) is 1. The second-order valence-corrected chi connectivity index (χ2v) is 9.60. The zero-order chi connectivity index (χ0) is 23.3. The van der Waals surface area contributed by atoms with Crippen LogP contribution >= 0.6 is 0 Å². The van der Waals surface area contributed by atoms with Crippen molar-refractivity contribution in [2.24, 2.45) is 5.92 Å². The molecule has 3 heterocycles. The highest BCUT2D eigenvalue weighted by atomic mass is 19.1. The number of aliphatic carboxylic acids is 1.